The summed E-state index contributed by atoms with van der Waals surface area (Å²) in [5, 5.41) is 2.87. The second-order valence-electron chi connectivity index (χ2n) is 4.19. The van der Waals surface area contributed by atoms with Crippen LogP contribution in [0.1, 0.15) is 26.4 Å². The Balaban J connectivity index is 2.05. The molecule has 3 N–H and O–H groups in total. The van der Waals surface area contributed by atoms with Crippen LogP contribution in [0.2, 0.25) is 0 Å². The van der Waals surface area contributed by atoms with Gasteiger partial charge >= 0.3 is 0 Å². The Hall–Kier alpha value is -2.16. The molecule has 0 saturated carbocycles. The number of nitrogens with two attached hydrogens (primary N) is 1. The number of thiazole rings is 1. The largest absolute Gasteiger partial charge is 0.347 e. The van der Waals surface area contributed by atoms with Crippen molar-refractivity contribution in [2.45, 2.75) is 13.5 Å². The lowest BCUT2D eigenvalue weighted by Gasteiger charge is -2.05. The Kier molecular flexibility index (Phi) is 4.88. The number of benzene rings is 1. The van der Waals surface area contributed by atoms with Gasteiger partial charge in [0.25, 0.3) is 5.91 Å². The second-order valence-corrected chi connectivity index (χ2v) is 5.16. The summed E-state index contributed by atoms with van der Waals surface area (Å²) in [5.41, 5.74) is 9.59. The lowest BCUT2D eigenvalue weighted by Crippen LogP contribution is -2.22. The fourth-order valence-electron chi connectivity index (χ4n) is 1.69. The molecule has 1 aromatic carbocycles. The molecule has 0 spiro atoms. The Bertz CT molecular complexity index is 653. The van der Waals surface area contributed by atoms with E-state index in [9.17, 15) is 4.79 Å². The summed E-state index contributed by atoms with van der Waals surface area (Å²) in [6, 6.07) is 5.46. The van der Waals surface area contributed by atoms with Crippen LogP contribution in [0, 0.1) is 18.8 Å². The van der Waals surface area contributed by atoms with Gasteiger partial charge in [0.2, 0.25) is 0 Å². The van der Waals surface area contributed by atoms with E-state index < -0.39 is 0 Å². The molecule has 0 unspecified atom stereocenters. The molecule has 1 amide bonds. The molecule has 1 heterocycles. The van der Waals surface area contributed by atoms with Crippen molar-refractivity contribution in [2.75, 3.05) is 6.54 Å². The Morgan fingerprint density at radius 3 is 3.00 bits per heavy atom. The first-order valence-electron chi connectivity index (χ1n) is 6.16. The zero-order chi connectivity index (χ0) is 14.4. The van der Waals surface area contributed by atoms with Gasteiger partial charge in [0.1, 0.15) is 0 Å². The van der Waals surface area contributed by atoms with Gasteiger partial charge in [0.05, 0.1) is 18.6 Å². The summed E-state index contributed by atoms with van der Waals surface area (Å²) in [4.78, 5) is 17.0. The van der Waals surface area contributed by atoms with E-state index in [-0.39, 0.29) is 5.91 Å². The maximum Gasteiger partial charge on any atom is 0.251 e. The van der Waals surface area contributed by atoms with Crippen LogP contribution in [-0.2, 0) is 6.54 Å². The maximum absolute atomic E-state index is 12.0. The number of nitrogens with zero attached hydrogens (tertiary/aromatic N) is 1. The Morgan fingerprint density at radius 1 is 1.50 bits per heavy atom. The Labute approximate surface area is 122 Å². The van der Waals surface area contributed by atoms with Crippen molar-refractivity contribution >= 4 is 17.2 Å². The number of aryl methyl sites for hydroxylation is 1. The molecule has 0 aliphatic heterocycles. The molecule has 0 radical (unpaired) electrons. The van der Waals surface area contributed by atoms with Crippen molar-refractivity contribution in [1.29, 1.82) is 0 Å². The molecule has 5 heteroatoms. The molecule has 4 nitrogen and oxygen atoms in total. The van der Waals surface area contributed by atoms with Crippen LogP contribution in [-0.4, -0.2) is 17.4 Å². The van der Waals surface area contributed by atoms with Crippen LogP contribution in [0.4, 0.5) is 0 Å². The molecule has 0 bridgehead atoms. The molecule has 2 aromatic rings. The van der Waals surface area contributed by atoms with E-state index in [0.717, 1.165) is 16.0 Å². The van der Waals surface area contributed by atoms with Gasteiger partial charge in [-0.2, -0.15) is 0 Å². The number of amides is 1. The monoisotopic (exact) mass is 285 g/mol. The molecule has 20 heavy (non-hydrogen) atoms. The minimum atomic E-state index is -0.0974. The van der Waals surface area contributed by atoms with Crippen LogP contribution in [0.3, 0.4) is 0 Å². The van der Waals surface area contributed by atoms with Crippen LogP contribution >= 0.6 is 11.3 Å². The number of carbonyl (C=O) groups excluding carboxylic acids is 1. The third kappa shape index (κ3) is 3.67. The van der Waals surface area contributed by atoms with Gasteiger partial charge in [-0.15, -0.1) is 11.3 Å². The standard InChI is InChI=1S/C15H15N3OS/c1-11-7-13(5-4-12(11)3-2-6-16)15(19)18-9-14-8-17-10-20-14/h4-5,7-8,10H,6,9,16H2,1H3,(H,18,19). The van der Waals surface area contributed by atoms with Gasteiger partial charge in [-0.3, -0.25) is 9.78 Å². The second kappa shape index (κ2) is 6.85. The van der Waals surface area contributed by atoms with Crippen LogP contribution in [0.25, 0.3) is 0 Å². The van der Waals surface area contributed by atoms with Gasteiger partial charge in [-0.25, -0.2) is 0 Å². The fraction of sp³-hybridized carbons (Fsp3) is 0.200. The van der Waals surface area contributed by atoms with Gasteiger partial charge in [-0.1, -0.05) is 11.8 Å². The van der Waals surface area contributed by atoms with Crippen LogP contribution in [0.5, 0.6) is 0 Å². The molecule has 2 rings (SSSR count). The normalized spacial score (nSPS) is 9.70. The predicted octanol–water partition coefficient (Wildman–Crippen LogP) is 1.69. The maximum atomic E-state index is 12.0. The molecule has 0 atom stereocenters. The molecule has 0 aliphatic carbocycles. The predicted molar refractivity (Wildman–Crippen MR) is 80.4 cm³/mol. The highest BCUT2D eigenvalue weighted by Gasteiger charge is 2.07. The van der Waals surface area contributed by atoms with Crippen molar-refractivity contribution in [3.63, 3.8) is 0 Å². The topological polar surface area (TPSA) is 68.0 Å². The van der Waals surface area contributed by atoms with Crippen molar-refractivity contribution in [1.82, 2.24) is 10.3 Å². The highest BCUT2D eigenvalue weighted by molar-refractivity contribution is 7.09. The zero-order valence-electron chi connectivity index (χ0n) is 11.1. The van der Waals surface area contributed by atoms with Crippen molar-refractivity contribution in [3.8, 4) is 11.8 Å². The number of rotatable bonds is 3. The van der Waals surface area contributed by atoms with E-state index in [0.29, 0.717) is 18.7 Å². The van der Waals surface area contributed by atoms with E-state index in [4.69, 9.17) is 5.73 Å². The van der Waals surface area contributed by atoms with E-state index in [1.54, 1.807) is 17.8 Å². The molecular formula is C15H15N3OS. The van der Waals surface area contributed by atoms with Gasteiger partial charge in [0, 0.05) is 22.2 Å². The Morgan fingerprint density at radius 2 is 2.35 bits per heavy atom. The zero-order valence-corrected chi connectivity index (χ0v) is 12.0. The summed E-state index contributed by atoms with van der Waals surface area (Å²) in [7, 11) is 0. The first-order valence-corrected chi connectivity index (χ1v) is 7.04. The van der Waals surface area contributed by atoms with Crippen molar-refractivity contribution < 1.29 is 4.79 Å². The third-order valence-corrected chi connectivity index (χ3v) is 3.50. The number of hydrogen-bond donors (Lipinski definition) is 2. The first-order chi connectivity index (χ1) is 9.70. The van der Waals surface area contributed by atoms with E-state index >= 15 is 0 Å². The molecule has 0 aliphatic rings. The van der Waals surface area contributed by atoms with Crippen molar-refractivity contribution in [2.24, 2.45) is 5.73 Å². The molecular weight excluding hydrogens is 270 g/mol. The SMILES string of the molecule is Cc1cc(C(=O)NCc2cncs2)ccc1C#CCN. The number of nitrogens with one attached hydrogen (secondary N) is 1. The van der Waals surface area contributed by atoms with Gasteiger partial charge < -0.3 is 11.1 Å². The van der Waals surface area contributed by atoms with Gasteiger partial charge in [-0.05, 0) is 30.7 Å². The molecule has 102 valence electrons. The number of aromatic nitrogens is 1. The lowest BCUT2D eigenvalue weighted by atomic mass is 10.0. The summed E-state index contributed by atoms with van der Waals surface area (Å²) < 4.78 is 0. The number of hydrogen-bond acceptors (Lipinski definition) is 4. The summed E-state index contributed by atoms with van der Waals surface area (Å²) in [6.07, 6.45) is 1.75. The van der Waals surface area contributed by atoms with Crippen LogP contribution < -0.4 is 11.1 Å². The highest BCUT2D eigenvalue weighted by atomic mass is 32.1. The first kappa shape index (κ1) is 14.3. The van der Waals surface area contributed by atoms with E-state index in [2.05, 4.69) is 22.1 Å². The van der Waals surface area contributed by atoms with E-state index in [1.807, 2.05) is 19.1 Å². The highest BCUT2D eigenvalue weighted by Crippen LogP contribution is 2.11. The quantitative estimate of drug-likeness (QED) is 0.843. The van der Waals surface area contributed by atoms with E-state index in [1.165, 1.54) is 11.3 Å². The van der Waals surface area contributed by atoms with Gasteiger partial charge in [0.15, 0.2) is 0 Å². The smallest absolute Gasteiger partial charge is 0.251 e. The summed E-state index contributed by atoms with van der Waals surface area (Å²) >= 11 is 1.52. The lowest BCUT2D eigenvalue weighted by molar-refractivity contribution is 0.0951. The molecule has 0 fully saturated rings. The minimum absolute atomic E-state index is 0.0974. The number of carbonyl (C=O) groups is 1. The summed E-state index contributed by atoms with van der Waals surface area (Å²) in [5.74, 6) is 5.69. The van der Waals surface area contributed by atoms with Crippen LogP contribution in [0.15, 0.2) is 29.9 Å². The average molecular weight is 285 g/mol. The fourth-order valence-corrected chi connectivity index (χ4v) is 2.22. The molecule has 1 aromatic heterocycles. The average Bonchev–Trinajstić information content (AvgIpc) is 2.96. The van der Waals surface area contributed by atoms with Crippen molar-refractivity contribution in [3.05, 3.63) is 51.5 Å². The third-order valence-electron chi connectivity index (χ3n) is 2.72. The minimum Gasteiger partial charge on any atom is -0.347 e. The summed E-state index contributed by atoms with van der Waals surface area (Å²) in [6.45, 7) is 2.76. The molecule has 0 saturated heterocycles.